The van der Waals surface area contributed by atoms with E-state index >= 15 is 0 Å². The topological polar surface area (TPSA) is 13.0 Å². The SMILES string of the molecule is C=Cc1ccc(C2(c3ccccc3)c3ccccc3-c3ccc(N(c4ccccc4)c4ccc(-c5ccc(N(c6ccccc6)c6ccc7c(c6)C(c6ccccc6)(c6ccc(C=C)cc6)c6cc(N(c8ccccc8)c8ccc(-c9ccc(N(c%10ccccc%10)c%10ccc%11c(c%10)C(c%10ccccc%10)(c%10ccc(C=C)cc%10)c%10ccccc%10-%11)cc9)cc8)ccc6-7)cc5)cc4)cc32)cc1. The fraction of sp³-hybridized carbons (Fsp3) is 0.0233. The molecular weight excluding hydrogens is 1610 g/mol. The van der Waals surface area contributed by atoms with Gasteiger partial charge in [0.15, 0.2) is 0 Å². The first-order valence-corrected chi connectivity index (χ1v) is 45.8. The van der Waals surface area contributed by atoms with Gasteiger partial charge in [0.25, 0.3) is 0 Å². The molecule has 4 nitrogen and oxygen atoms in total. The van der Waals surface area contributed by atoms with E-state index in [4.69, 9.17) is 0 Å². The number of rotatable bonds is 23. The van der Waals surface area contributed by atoms with Crippen molar-refractivity contribution >= 4 is 86.5 Å². The monoisotopic (exact) mass is 1700 g/mol. The van der Waals surface area contributed by atoms with Gasteiger partial charge in [-0.15, -0.1) is 0 Å². The lowest BCUT2D eigenvalue weighted by molar-refractivity contribution is 0.768. The molecule has 0 radical (unpaired) electrons. The Morgan fingerprint density at radius 1 is 0.143 bits per heavy atom. The molecule has 0 N–H and O–H groups in total. The normalized spacial score (nSPS) is 15.1. The third kappa shape index (κ3) is 13.5. The van der Waals surface area contributed by atoms with Crippen molar-refractivity contribution in [3.63, 3.8) is 0 Å². The first-order chi connectivity index (χ1) is 65.8. The molecular formula is C129H92N4. The summed E-state index contributed by atoms with van der Waals surface area (Å²) in [5, 5.41) is 0. The predicted molar refractivity (Wildman–Crippen MR) is 558 cm³/mol. The summed E-state index contributed by atoms with van der Waals surface area (Å²) in [4.78, 5) is 9.63. The van der Waals surface area contributed by atoms with Crippen LogP contribution in [0.2, 0.25) is 0 Å². The van der Waals surface area contributed by atoms with Crippen LogP contribution in [0.15, 0.2) is 523 Å². The molecule has 4 heteroatoms. The second kappa shape index (κ2) is 33.8. The van der Waals surface area contributed by atoms with E-state index in [0.717, 1.165) is 113 Å². The van der Waals surface area contributed by atoms with E-state index in [-0.39, 0.29) is 0 Å². The Morgan fingerprint density at radius 3 is 0.541 bits per heavy atom. The highest BCUT2D eigenvalue weighted by Crippen LogP contribution is 2.62. The van der Waals surface area contributed by atoms with Crippen LogP contribution in [0.3, 0.4) is 0 Å². The van der Waals surface area contributed by atoms with Gasteiger partial charge in [-0.05, 0) is 285 Å². The molecule has 0 saturated heterocycles. The number of fused-ring (bicyclic) bond motifs is 9. The van der Waals surface area contributed by atoms with Crippen LogP contribution in [-0.2, 0) is 16.2 Å². The van der Waals surface area contributed by atoms with Gasteiger partial charge in [0, 0.05) is 68.2 Å². The van der Waals surface area contributed by atoms with Gasteiger partial charge >= 0.3 is 0 Å². The molecule has 20 aromatic rings. The number of hydrogen-bond acceptors (Lipinski definition) is 4. The quantitative estimate of drug-likeness (QED) is 0.0633. The Bertz CT molecular complexity index is 7300. The van der Waals surface area contributed by atoms with Crippen LogP contribution in [0, 0.1) is 0 Å². The summed E-state index contributed by atoms with van der Waals surface area (Å²) in [5.74, 6) is 0. The molecule has 0 aliphatic heterocycles. The molecule has 3 aliphatic carbocycles. The predicted octanol–water partition coefficient (Wildman–Crippen LogP) is 33.9. The fourth-order valence-corrected chi connectivity index (χ4v) is 21.7. The molecule has 133 heavy (non-hydrogen) atoms. The third-order valence-corrected chi connectivity index (χ3v) is 27.8. The summed E-state index contributed by atoms with van der Waals surface area (Å²) in [5.41, 5.74) is 40.3. The van der Waals surface area contributed by atoms with E-state index in [2.05, 4.69) is 543 Å². The smallest absolute Gasteiger partial charge is 0.0715 e. The van der Waals surface area contributed by atoms with E-state index in [0.29, 0.717) is 0 Å². The van der Waals surface area contributed by atoms with Crippen molar-refractivity contribution in [3.05, 3.63) is 607 Å². The summed E-state index contributed by atoms with van der Waals surface area (Å²) in [6, 6.07) is 186. The van der Waals surface area contributed by atoms with E-state index in [1.54, 1.807) is 0 Å². The van der Waals surface area contributed by atoms with Gasteiger partial charge in [0.1, 0.15) is 0 Å². The van der Waals surface area contributed by atoms with Crippen molar-refractivity contribution in [2.24, 2.45) is 0 Å². The van der Waals surface area contributed by atoms with Crippen molar-refractivity contribution in [1.29, 1.82) is 0 Å². The van der Waals surface area contributed by atoms with E-state index in [1.165, 1.54) is 94.6 Å². The highest BCUT2D eigenvalue weighted by atomic mass is 15.2. The summed E-state index contributed by atoms with van der Waals surface area (Å²) in [7, 11) is 0. The van der Waals surface area contributed by atoms with Crippen molar-refractivity contribution in [1.82, 2.24) is 0 Å². The summed E-state index contributed by atoms with van der Waals surface area (Å²) in [6.07, 6.45) is 5.78. The van der Waals surface area contributed by atoms with E-state index < -0.39 is 16.2 Å². The lowest BCUT2D eigenvalue weighted by atomic mass is 9.67. The minimum Gasteiger partial charge on any atom is -0.310 e. The van der Waals surface area contributed by atoms with Gasteiger partial charge in [0.05, 0.1) is 16.2 Å². The molecule has 3 aliphatic rings. The summed E-state index contributed by atoms with van der Waals surface area (Å²) in [6.45, 7) is 12.5. The number of benzene rings is 20. The van der Waals surface area contributed by atoms with Gasteiger partial charge < -0.3 is 19.6 Å². The van der Waals surface area contributed by atoms with Gasteiger partial charge in [-0.3, -0.25) is 0 Å². The Hall–Kier alpha value is -17.2. The summed E-state index contributed by atoms with van der Waals surface area (Å²) < 4.78 is 0. The van der Waals surface area contributed by atoms with Gasteiger partial charge in [-0.25, -0.2) is 0 Å². The molecule has 23 rings (SSSR count). The van der Waals surface area contributed by atoms with Crippen molar-refractivity contribution < 1.29 is 0 Å². The zero-order valence-electron chi connectivity index (χ0n) is 73.6. The number of hydrogen-bond donors (Lipinski definition) is 0. The molecule has 20 aromatic carbocycles. The molecule has 0 bridgehead atoms. The van der Waals surface area contributed by atoms with Crippen LogP contribution < -0.4 is 19.6 Å². The molecule has 0 amide bonds. The Morgan fingerprint density at radius 2 is 0.316 bits per heavy atom. The first kappa shape index (κ1) is 80.4. The van der Waals surface area contributed by atoms with E-state index in [1.807, 2.05) is 18.2 Å². The van der Waals surface area contributed by atoms with Crippen molar-refractivity contribution in [2.45, 2.75) is 16.2 Å². The first-order valence-electron chi connectivity index (χ1n) is 45.8. The minimum atomic E-state index is -0.796. The highest BCUT2D eigenvalue weighted by molar-refractivity contribution is 5.96. The third-order valence-electron chi connectivity index (χ3n) is 27.8. The van der Waals surface area contributed by atoms with Crippen molar-refractivity contribution in [2.75, 3.05) is 19.6 Å². The zero-order valence-corrected chi connectivity index (χ0v) is 73.6. The number of para-hydroxylation sites is 4. The molecule has 0 heterocycles. The van der Waals surface area contributed by atoms with Crippen LogP contribution in [0.4, 0.5) is 68.2 Å². The zero-order chi connectivity index (χ0) is 89.0. The van der Waals surface area contributed by atoms with Crippen LogP contribution in [0.5, 0.6) is 0 Å². The molecule has 0 saturated carbocycles. The maximum Gasteiger partial charge on any atom is 0.0715 e. The van der Waals surface area contributed by atoms with Crippen LogP contribution >= 0.6 is 0 Å². The molecule has 0 fully saturated rings. The van der Waals surface area contributed by atoms with Crippen LogP contribution in [-0.4, -0.2) is 0 Å². The number of nitrogens with zero attached hydrogens (tertiary/aromatic N) is 4. The Labute approximate surface area is 779 Å². The number of anilines is 12. The fourth-order valence-electron chi connectivity index (χ4n) is 21.7. The lowest BCUT2D eigenvalue weighted by Crippen LogP contribution is -2.29. The second-order valence-corrected chi connectivity index (χ2v) is 34.7. The van der Waals surface area contributed by atoms with Crippen LogP contribution in [0.25, 0.3) is 73.9 Å². The molecule has 0 aromatic heterocycles. The maximum atomic E-state index is 4.24. The standard InChI is InChI=1S/C129H92N4/c1-4-90-50-64-100(65-51-90)127(97-32-14-7-15-33-97)121-48-30-28-46-115(121)117-82-78-111(86-123(117)127)130(103-38-20-10-21-39-103)107-70-56-93(57-71-107)95-60-74-109(75-61-95)132(105-42-24-12-25-43-105)113-80-84-119-120-85-81-114(89-126(120)129(125(119)88-113,99-36-18-9-19-37-99)102-68-54-92(6-3)55-69-102)133(106-44-26-13-27-45-106)110-76-62-96(63-77-110)94-58-72-108(73-59-94)131(104-40-22-11-23-41-104)112-79-83-118-116-47-29-31-49-122(116)128(124(118)87-112,98-34-16-8-17-35-98)101-66-52-91(5-2)53-67-101/h4-89H,1-3H2. The average Bonchev–Trinajstić information content (AvgIpc) is 1.55. The Balaban J connectivity index is 0.585. The molecule has 2 atom stereocenters. The largest absolute Gasteiger partial charge is 0.310 e. The molecule has 628 valence electrons. The van der Waals surface area contributed by atoms with Gasteiger partial charge in [-0.2, -0.15) is 0 Å². The second-order valence-electron chi connectivity index (χ2n) is 34.7. The minimum absolute atomic E-state index is 0.583. The molecule has 0 spiro atoms. The molecule has 2 unspecified atom stereocenters. The van der Waals surface area contributed by atoms with Gasteiger partial charge in [0.2, 0.25) is 0 Å². The average molecular weight is 1700 g/mol. The lowest BCUT2D eigenvalue weighted by Gasteiger charge is -2.36. The van der Waals surface area contributed by atoms with Crippen LogP contribution in [0.1, 0.15) is 83.5 Å². The Kier molecular flexibility index (Phi) is 20.4. The van der Waals surface area contributed by atoms with Crippen molar-refractivity contribution in [3.8, 4) is 55.6 Å². The highest BCUT2D eigenvalue weighted by Gasteiger charge is 2.50. The van der Waals surface area contributed by atoms with E-state index in [9.17, 15) is 0 Å². The maximum absolute atomic E-state index is 4.24. The van der Waals surface area contributed by atoms with Gasteiger partial charge in [-0.1, -0.05) is 396 Å². The summed E-state index contributed by atoms with van der Waals surface area (Å²) >= 11 is 0.